The van der Waals surface area contributed by atoms with Crippen LogP contribution in [0.1, 0.15) is 19.8 Å². The first-order valence-corrected chi connectivity index (χ1v) is 6.60. The second-order valence-corrected chi connectivity index (χ2v) is 4.89. The number of nitrogens with one attached hydrogen (secondary N) is 2. The van der Waals surface area contributed by atoms with Crippen LogP contribution in [-0.2, 0) is 9.53 Å². The van der Waals surface area contributed by atoms with Crippen LogP contribution in [-0.4, -0.2) is 62.3 Å². The minimum absolute atomic E-state index is 0. The van der Waals surface area contributed by atoms with Crippen molar-refractivity contribution >= 4 is 18.3 Å². The van der Waals surface area contributed by atoms with E-state index in [1.165, 1.54) is 0 Å². The number of ether oxygens (including phenoxy) is 1. The third-order valence-electron chi connectivity index (χ3n) is 3.62. The molecule has 0 aromatic rings. The smallest absolute Gasteiger partial charge is 0.237 e. The Labute approximate surface area is 115 Å². The molecule has 2 atom stereocenters. The number of rotatable bonds is 4. The molecule has 1 amide bonds. The van der Waals surface area contributed by atoms with Crippen LogP contribution in [0.15, 0.2) is 0 Å². The molecule has 2 aliphatic heterocycles. The van der Waals surface area contributed by atoms with Gasteiger partial charge in [-0.2, -0.15) is 0 Å². The van der Waals surface area contributed by atoms with Gasteiger partial charge in [-0.1, -0.05) is 0 Å². The van der Waals surface area contributed by atoms with E-state index in [-0.39, 0.29) is 24.4 Å². The van der Waals surface area contributed by atoms with Crippen LogP contribution in [0, 0.1) is 0 Å². The van der Waals surface area contributed by atoms with E-state index in [0.717, 1.165) is 52.2 Å². The molecule has 2 N–H and O–H groups in total. The third-order valence-corrected chi connectivity index (χ3v) is 3.62. The highest BCUT2D eigenvalue weighted by atomic mass is 35.5. The fraction of sp³-hybridized carbons (Fsp3) is 0.917. The summed E-state index contributed by atoms with van der Waals surface area (Å²) >= 11 is 0. The standard InChI is InChI=1S/C12H23N3O2.ClH/c1-10(15-5-7-17-8-6-15)9-14-12(16)11-3-2-4-13-11;/h10-11,13H,2-9H2,1H3,(H,14,16);1H. The Morgan fingerprint density at radius 1 is 1.50 bits per heavy atom. The van der Waals surface area contributed by atoms with Crippen LogP contribution >= 0.6 is 12.4 Å². The van der Waals surface area contributed by atoms with Gasteiger partial charge in [-0.05, 0) is 26.3 Å². The number of halogens is 1. The molecule has 106 valence electrons. The molecule has 6 heteroatoms. The predicted octanol–water partition coefficient (Wildman–Crippen LogP) is -0.00290. The van der Waals surface area contributed by atoms with E-state index in [0.29, 0.717) is 6.04 Å². The Kier molecular flexibility index (Phi) is 6.92. The number of nitrogens with zero attached hydrogens (tertiary/aromatic N) is 1. The van der Waals surface area contributed by atoms with Crippen LogP contribution < -0.4 is 10.6 Å². The van der Waals surface area contributed by atoms with Gasteiger partial charge in [0.05, 0.1) is 19.3 Å². The van der Waals surface area contributed by atoms with E-state index in [9.17, 15) is 4.79 Å². The highest BCUT2D eigenvalue weighted by molar-refractivity contribution is 5.85. The summed E-state index contributed by atoms with van der Waals surface area (Å²) in [5.74, 6) is 0.155. The monoisotopic (exact) mass is 277 g/mol. The topological polar surface area (TPSA) is 53.6 Å². The van der Waals surface area contributed by atoms with E-state index < -0.39 is 0 Å². The van der Waals surface area contributed by atoms with Crippen molar-refractivity contribution in [1.29, 1.82) is 0 Å². The summed E-state index contributed by atoms with van der Waals surface area (Å²) in [7, 11) is 0. The lowest BCUT2D eigenvalue weighted by Crippen LogP contribution is -2.49. The largest absolute Gasteiger partial charge is 0.379 e. The lowest BCUT2D eigenvalue weighted by atomic mass is 10.2. The Hall–Kier alpha value is -0.360. The maximum Gasteiger partial charge on any atom is 0.237 e. The molecule has 0 spiro atoms. The Bertz CT molecular complexity index is 254. The zero-order chi connectivity index (χ0) is 12.1. The molecular weight excluding hydrogens is 254 g/mol. The normalized spacial score (nSPS) is 26.4. The molecule has 0 aromatic carbocycles. The molecular formula is C12H24ClN3O2. The van der Waals surface area contributed by atoms with Crippen LogP contribution in [0.25, 0.3) is 0 Å². The van der Waals surface area contributed by atoms with Crippen molar-refractivity contribution in [2.24, 2.45) is 0 Å². The minimum atomic E-state index is 0. The summed E-state index contributed by atoms with van der Waals surface area (Å²) in [5.41, 5.74) is 0. The quantitative estimate of drug-likeness (QED) is 0.759. The second kappa shape index (κ2) is 7.94. The Morgan fingerprint density at radius 2 is 2.22 bits per heavy atom. The highest BCUT2D eigenvalue weighted by Crippen LogP contribution is 2.06. The molecule has 2 rings (SSSR count). The minimum Gasteiger partial charge on any atom is -0.379 e. The van der Waals surface area contributed by atoms with Crippen LogP contribution in [0.3, 0.4) is 0 Å². The molecule has 0 aliphatic carbocycles. The van der Waals surface area contributed by atoms with Gasteiger partial charge in [0, 0.05) is 25.7 Å². The van der Waals surface area contributed by atoms with E-state index in [2.05, 4.69) is 22.5 Å². The van der Waals surface area contributed by atoms with Crippen LogP contribution in [0.2, 0.25) is 0 Å². The molecule has 2 fully saturated rings. The number of hydrogen-bond donors (Lipinski definition) is 2. The van der Waals surface area contributed by atoms with E-state index in [4.69, 9.17) is 4.74 Å². The number of amides is 1. The highest BCUT2D eigenvalue weighted by Gasteiger charge is 2.23. The van der Waals surface area contributed by atoms with E-state index in [1.54, 1.807) is 0 Å². The first-order valence-electron chi connectivity index (χ1n) is 6.60. The number of carbonyl (C=O) groups excluding carboxylic acids is 1. The number of carbonyl (C=O) groups is 1. The fourth-order valence-electron chi connectivity index (χ4n) is 2.43. The van der Waals surface area contributed by atoms with Crippen molar-refractivity contribution in [3.05, 3.63) is 0 Å². The average molecular weight is 278 g/mol. The summed E-state index contributed by atoms with van der Waals surface area (Å²) in [6.45, 7) is 7.42. The first kappa shape index (κ1) is 15.7. The third kappa shape index (κ3) is 4.39. The van der Waals surface area contributed by atoms with Gasteiger partial charge in [0.1, 0.15) is 0 Å². The lowest BCUT2D eigenvalue weighted by molar-refractivity contribution is -0.123. The zero-order valence-electron chi connectivity index (χ0n) is 11.0. The molecule has 2 aliphatic rings. The van der Waals surface area contributed by atoms with Crippen molar-refractivity contribution < 1.29 is 9.53 Å². The predicted molar refractivity (Wildman–Crippen MR) is 73.1 cm³/mol. The van der Waals surface area contributed by atoms with Gasteiger partial charge in [-0.3, -0.25) is 9.69 Å². The Morgan fingerprint density at radius 3 is 2.83 bits per heavy atom. The fourth-order valence-corrected chi connectivity index (χ4v) is 2.43. The maximum atomic E-state index is 11.8. The summed E-state index contributed by atoms with van der Waals surface area (Å²) in [4.78, 5) is 14.2. The van der Waals surface area contributed by atoms with Crippen molar-refractivity contribution in [1.82, 2.24) is 15.5 Å². The maximum absolute atomic E-state index is 11.8. The molecule has 0 aromatic heterocycles. The lowest BCUT2D eigenvalue weighted by Gasteiger charge is -2.32. The van der Waals surface area contributed by atoms with Crippen molar-refractivity contribution in [2.75, 3.05) is 39.4 Å². The van der Waals surface area contributed by atoms with Crippen LogP contribution in [0.5, 0.6) is 0 Å². The first-order chi connectivity index (χ1) is 8.27. The Balaban J connectivity index is 0.00000162. The second-order valence-electron chi connectivity index (χ2n) is 4.89. The molecule has 5 nitrogen and oxygen atoms in total. The summed E-state index contributed by atoms with van der Waals surface area (Å²) in [6.07, 6.45) is 2.08. The zero-order valence-corrected chi connectivity index (χ0v) is 11.8. The average Bonchev–Trinajstić information content (AvgIpc) is 2.90. The van der Waals surface area contributed by atoms with Crippen molar-refractivity contribution in [2.45, 2.75) is 31.8 Å². The van der Waals surface area contributed by atoms with E-state index >= 15 is 0 Å². The number of morpholine rings is 1. The summed E-state index contributed by atoms with van der Waals surface area (Å²) in [6, 6.07) is 0.427. The molecule has 2 saturated heterocycles. The van der Waals surface area contributed by atoms with Gasteiger partial charge in [-0.25, -0.2) is 0 Å². The molecule has 2 heterocycles. The van der Waals surface area contributed by atoms with Crippen molar-refractivity contribution in [3.63, 3.8) is 0 Å². The van der Waals surface area contributed by atoms with Gasteiger partial charge in [0.25, 0.3) is 0 Å². The molecule has 0 saturated carbocycles. The summed E-state index contributed by atoms with van der Waals surface area (Å²) in [5, 5.41) is 6.25. The summed E-state index contributed by atoms with van der Waals surface area (Å²) < 4.78 is 5.32. The molecule has 0 radical (unpaired) electrons. The number of hydrogen-bond acceptors (Lipinski definition) is 4. The molecule has 18 heavy (non-hydrogen) atoms. The molecule has 0 bridgehead atoms. The van der Waals surface area contributed by atoms with Gasteiger partial charge >= 0.3 is 0 Å². The van der Waals surface area contributed by atoms with Gasteiger partial charge < -0.3 is 15.4 Å². The van der Waals surface area contributed by atoms with Gasteiger partial charge in [-0.15, -0.1) is 12.4 Å². The van der Waals surface area contributed by atoms with Crippen LogP contribution in [0.4, 0.5) is 0 Å². The SMILES string of the molecule is CC(CNC(=O)C1CCCN1)N1CCOCC1.Cl. The van der Waals surface area contributed by atoms with Gasteiger partial charge in [0.15, 0.2) is 0 Å². The van der Waals surface area contributed by atoms with Gasteiger partial charge in [0.2, 0.25) is 5.91 Å². The van der Waals surface area contributed by atoms with E-state index in [1.807, 2.05) is 0 Å². The molecule has 2 unspecified atom stereocenters. The van der Waals surface area contributed by atoms with Crippen molar-refractivity contribution in [3.8, 4) is 0 Å².